The molecule has 0 spiro atoms. The lowest BCUT2D eigenvalue weighted by molar-refractivity contribution is 0.0785. The SMILES string of the molecule is CCc1ccc([C@H]2[C@H](CO)C2(F)F)cc1. The number of hydrogen-bond acceptors (Lipinski definition) is 1. The Bertz CT molecular complexity index is 345. The highest BCUT2D eigenvalue weighted by molar-refractivity contribution is 5.34. The number of hydrogen-bond donors (Lipinski definition) is 1. The van der Waals surface area contributed by atoms with E-state index >= 15 is 0 Å². The number of benzene rings is 1. The highest BCUT2D eigenvalue weighted by atomic mass is 19.3. The zero-order valence-corrected chi connectivity index (χ0v) is 8.58. The van der Waals surface area contributed by atoms with Crippen LogP contribution in [0.5, 0.6) is 0 Å². The lowest BCUT2D eigenvalue weighted by Gasteiger charge is -2.00. The van der Waals surface area contributed by atoms with E-state index in [9.17, 15) is 8.78 Å². The first-order chi connectivity index (χ1) is 7.11. The minimum absolute atomic E-state index is 0.437. The van der Waals surface area contributed by atoms with Crippen molar-refractivity contribution in [1.29, 1.82) is 0 Å². The lowest BCUT2D eigenvalue weighted by Crippen LogP contribution is -1.97. The average molecular weight is 212 g/mol. The summed E-state index contributed by atoms with van der Waals surface area (Å²) in [7, 11) is 0. The summed E-state index contributed by atoms with van der Waals surface area (Å²) in [6.45, 7) is 1.59. The van der Waals surface area contributed by atoms with E-state index in [4.69, 9.17) is 5.11 Å². The van der Waals surface area contributed by atoms with Crippen LogP contribution in [0.4, 0.5) is 8.78 Å². The van der Waals surface area contributed by atoms with Crippen molar-refractivity contribution in [2.24, 2.45) is 5.92 Å². The molecular weight excluding hydrogens is 198 g/mol. The second kappa shape index (κ2) is 3.56. The summed E-state index contributed by atoms with van der Waals surface area (Å²) in [5.74, 6) is -4.39. The molecule has 1 nitrogen and oxygen atoms in total. The van der Waals surface area contributed by atoms with Crippen molar-refractivity contribution in [1.82, 2.24) is 0 Å². The first kappa shape index (κ1) is 10.6. The molecule has 1 aromatic carbocycles. The van der Waals surface area contributed by atoms with Crippen molar-refractivity contribution in [3.8, 4) is 0 Å². The maximum atomic E-state index is 13.2. The van der Waals surface area contributed by atoms with E-state index in [-0.39, 0.29) is 0 Å². The van der Waals surface area contributed by atoms with E-state index in [1.807, 2.05) is 19.1 Å². The number of aryl methyl sites for hydroxylation is 1. The van der Waals surface area contributed by atoms with Gasteiger partial charge in [0.2, 0.25) is 0 Å². The quantitative estimate of drug-likeness (QED) is 0.816. The molecule has 1 aliphatic carbocycles. The molecule has 1 N–H and O–H groups in total. The number of alkyl halides is 2. The van der Waals surface area contributed by atoms with Crippen molar-refractivity contribution < 1.29 is 13.9 Å². The van der Waals surface area contributed by atoms with Gasteiger partial charge in [-0.05, 0) is 17.5 Å². The summed E-state index contributed by atoms with van der Waals surface area (Å²) >= 11 is 0. The van der Waals surface area contributed by atoms with Gasteiger partial charge in [0.1, 0.15) is 0 Å². The maximum absolute atomic E-state index is 13.2. The van der Waals surface area contributed by atoms with Crippen LogP contribution in [0, 0.1) is 5.92 Å². The first-order valence-corrected chi connectivity index (χ1v) is 5.18. The van der Waals surface area contributed by atoms with Gasteiger partial charge in [-0.3, -0.25) is 0 Å². The summed E-state index contributed by atoms with van der Waals surface area (Å²) in [5.41, 5.74) is 1.78. The zero-order valence-electron chi connectivity index (χ0n) is 8.58. The molecule has 0 aromatic heterocycles. The second-order valence-corrected chi connectivity index (χ2v) is 4.04. The molecule has 1 fully saturated rings. The molecule has 0 heterocycles. The van der Waals surface area contributed by atoms with Gasteiger partial charge in [0.15, 0.2) is 0 Å². The van der Waals surface area contributed by atoms with E-state index in [2.05, 4.69) is 0 Å². The predicted molar refractivity (Wildman–Crippen MR) is 54.1 cm³/mol. The standard InChI is InChI=1S/C12H14F2O/c1-2-8-3-5-9(6-4-8)11-10(7-15)12(11,13)14/h3-6,10-11,15H,2,7H2,1H3/t10-,11-/m0/s1. The molecule has 1 aliphatic rings. The van der Waals surface area contributed by atoms with Gasteiger partial charge < -0.3 is 5.11 Å². The van der Waals surface area contributed by atoms with Gasteiger partial charge in [-0.1, -0.05) is 31.2 Å². The van der Waals surface area contributed by atoms with Gasteiger partial charge >= 0.3 is 0 Å². The second-order valence-electron chi connectivity index (χ2n) is 4.04. The largest absolute Gasteiger partial charge is 0.396 e. The third-order valence-corrected chi connectivity index (χ3v) is 3.15. The summed E-state index contributed by atoms with van der Waals surface area (Å²) in [5, 5.41) is 8.79. The van der Waals surface area contributed by atoms with Gasteiger partial charge in [0.05, 0.1) is 18.4 Å². The smallest absolute Gasteiger partial charge is 0.261 e. The first-order valence-electron chi connectivity index (χ1n) is 5.18. The van der Waals surface area contributed by atoms with Crippen LogP contribution in [0.25, 0.3) is 0 Å². The van der Waals surface area contributed by atoms with Crippen LogP contribution >= 0.6 is 0 Å². The molecule has 2 atom stereocenters. The van der Waals surface area contributed by atoms with E-state index in [1.165, 1.54) is 0 Å². The van der Waals surface area contributed by atoms with Crippen LogP contribution in [0.2, 0.25) is 0 Å². The van der Waals surface area contributed by atoms with Crippen LogP contribution in [-0.2, 0) is 6.42 Å². The monoisotopic (exact) mass is 212 g/mol. The normalized spacial score (nSPS) is 27.7. The van der Waals surface area contributed by atoms with E-state index in [0.717, 1.165) is 12.0 Å². The lowest BCUT2D eigenvalue weighted by atomic mass is 10.1. The molecule has 0 radical (unpaired) electrons. The topological polar surface area (TPSA) is 20.2 Å². The van der Waals surface area contributed by atoms with Gasteiger partial charge in [-0.25, -0.2) is 8.78 Å². The van der Waals surface area contributed by atoms with Crippen LogP contribution in [0.1, 0.15) is 24.0 Å². The molecule has 82 valence electrons. The number of halogens is 2. The highest BCUT2D eigenvalue weighted by Crippen LogP contribution is 2.61. The maximum Gasteiger partial charge on any atom is 0.261 e. The van der Waals surface area contributed by atoms with Crippen LogP contribution in [0.3, 0.4) is 0 Å². The fourth-order valence-corrected chi connectivity index (χ4v) is 2.03. The van der Waals surface area contributed by atoms with Crippen molar-refractivity contribution in [2.45, 2.75) is 25.2 Å². The van der Waals surface area contributed by atoms with E-state index in [0.29, 0.717) is 5.56 Å². The van der Waals surface area contributed by atoms with Gasteiger partial charge in [0.25, 0.3) is 5.92 Å². The Labute approximate surface area is 87.7 Å². The molecule has 3 heteroatoms. The molecule has 15 heavy (non-hydrogen) atoms. The van der Waals surface area contributed by atoms with Crippen LogP contribution in [-0.4, -0.2) is 17.6 Å². The zero-order chi connectivity index (χ0) is 11.1. The molecule has 0 bridgehead atoms. The number of rotatable bonds is 3. The Balaban J connectivity index is 2.18. The minimum atomic E-state index is -2.72. The molecule has 0 saturated heterocycles. The fraction of sp³-hybridized carbons (Fsp3) is 0.500. The number of aliphatic hydroxyl groups is 1. The molecular formula is C12H14F2O. The van der Waals surface area contributed by atoms with Gasteiger partial charge in [0, 0.05) is 0 Å². The third-order valence-electron chi connectivity index (χ3n) is 3.15. The molecule has 0 aliphatic heterocycles. The van der Waals surface area contributed by atoms with E-state index in [1.54, 1.807) is 12.1 Å². The summed E-state index contributed by atoms with van der Waals surface area (Å²) in [6.07, 6.45) is 0.908. The molecule has 1 saturated carbocycles. The Hall–Kier alpha value is -0.960. The Morgan fingerprint density at radius 3 is 2.27 bits per heavy atom. The predicted octanol–water partition coefficient (Wildman–Crippen LogP) is 2.59. The summed E-state index contributed by atoms with van der Waals surface area (Å²) in [6, 6.07) is 7.23. The summed E-state index contributed by atoms with van der Waals surface area (Å²) < 4.78 is 26.3. The Morgan fingerprint density at radius 2 is 1.87 bits per heavy atom. The van der Waals surface area contributed by atoms with Crippen LogP contribution in [0.15, 0.2) is 24.3 Å². The third kappa shape index (κ3) is 1.65. The van der Waals surface area contributed by atoms with Crippen molar-refractivity contribution in [3.05, 3.63) is 35.4 Å². The van der Waals surface area contributed by atoms with Gasteiger partial charge in [-0.15, -0.1) is 0 Å². The van der Waals surface area contributed by atoms with Crippen molar-refractivity contribution >= 4 is 0 Å². The molecule has 1 aromatic rings. The summed E-state index contributed by atoms with van der Waals surface area (Å²) in [4.78, 5) is 0. The molecule has 0 amide bonds. The van der Waals surface area contributed by atoms with Crippen molar-refractivity contribution in [2.75, 3.05) is 6.61 Å². The van der Waals surface area contributed by atoms with Crippen molar-refractivity contribution in [3.63, 3.8) is 0 Å². The minimum Gasteiger partial charge on any atom is -0.396 e. The molecule has 0 unspecified atom stereocenters. The number of aliphatic hydroxyl groups excluding tert-OH is 1. The fourth-order valence-electron chi connectivity index (χ4n) is 2.03. The average Bonchev–Trinajstić information content (AvgIpc) is 2.80. The highest BCUT2D eigenvalue weighted by Gasteiger charge is 2.68. The van der Waals surface area contributed by atoms with Gasteiger partial charge in [-0.2, -0.15) is 0 Å². The molecule has 2 rings (SSSR count). The Kier molecular flexibility index (Phi) is 2.51. The Morgan fingerprint density at radius 1 is 1.27 bits per heavy atom. The van der Waals surface area contributed by atoms with E-state index < -0.39 is 24.4 Å². The van der Waals surface area contributed by atoms with Crippen LogP contribution < -0.4 is 0 Å².